The van der Waals surface area contributed by atoms with Gasteiger partial charge in [-0.1, -0.05) is 36.4 Å². The van der Waals surface area contributed by atoms with E-state index in [4.69, 9.17) is 15.6 Å². The van der Waals surface area contributed by atoms with Crippen LogP contribution >= 0.6 is 12.4 Å². The van der Waals surface area contributed by atoms with Crippen LogP contribution in [0.4, 0.5) is 4.39 Å². The van der Waals surface area contributed by atoms with Crippen molar-refractivity contribution in [3.63, 3.8) is 0 Å². The fraction of sp³-hybridized carbons (Fsp3) is 0.333. The van der Waals surface area contributed by atoms with Crippen molar-refractivity contribution in [3.05, 3.63) is 77.7 Å². The molecule has 1 fully saturated rings. The molecule has 1 aromatic heterocycles. The molecule has 0 unspecified atom stereocenters. The second-order valence-electron chi connectivity index (χ2n) is 8.75. The van der Waals surface area contributed by atoms with Crippen LogP contribution in [0.15, 0.2) is 60.8 Å². The number of amides is 1. The second kappa shape index (κ2) is 12.6. The molecule has 4 rings (SSSR count). The Balaban J connectivity index is 0.00000342. The summed E-state index contributed by atoms with van der Waals surface area (Å²) in [6.45, 7) is 0.174. The molecule has 8 heteroatoms. The summed E-state index contributed by atoms with van der Waals surface area (Å²) in [5, 5.41) is 12.0. The van der Waals surface area contributed by atoms with Crippen LogP contribution in [0.2, 0.25) is 0 Å². The third-order valence-corrected chi connectivity index (χ3v) is 6.13. The van der Waals surface area contributed by atoms with Gasteiger partial charge in [-0.3, -0.25) is 4.79 Å². The lowest BCUT2D eigenvalue weighted by molar-refractivity contribution is 0.0922. The lowest BCUT2D eigenvalue weighted by Gasteiger charge is -2.27. The summed E-state index contributed by atoms with van der Waals surface area (Å²) >= 11 is 0. The molecule has 0 saturated heterocycles. The minimum atomic E-state index is -0.599. The zero-order valence-corrected chi connectivity index (χ0v) is 20.3. The summed E-state index contributed by atoms with van der Waals surface area (Å²) < 4.78 is 19.9. The number of aromatic nitrogens is 1. The molecule has 1 aliphatic carbocycles. The molecule has 186 valence electrons. The Morgan fingerprint density at radius 2 is 1.83 bits per heavy atom. The van der Waals surface area contributed by atoms with E-state index in [9.17, 15) is 9.18 Å². The van der Waals surface area contributed by atoms with E-state index in [0.717, 1.165) is 67.5 Å². The summed E-state index contributed by atoms with van der Waals surface area (Å²) in [4.78, 5) is 17.0. The lowest BCUT2D eigenvalue weighted by atomic mass is 9.91. The van der Waals surface area contributed by atoms with Crippen molar-refractivity contribution in [1.29, 1.82) is 0 Å². The van der Waals surface area contributed by atoms with Gasteiger partial charge in [0.25, 0.3) is 5.91 Å². The van der Waals surface area contributed by atoms with Gasteiger partial charge in [-0.2, -0.15) is 0 Å². The van der Waals surface area contributed by atoms with Crippen LogP contribution in [0.5, 0.6) is 11.6 Å². The number of benzene rings is 2. The van der Waals surface area contributed by atoms with Gasteiger partial charge in [-0.25, -0.2) is 9.37 Å². The quantitative estimate of drug-likeness (QED) is 0.404. The number of nitrogens with one attached hydrogen (secondary N) is 1. The van der Waals surface area contributed by atoms with Crippen LogP contribution in [0.25, 0.3) is 11.1 Å². The van der Waals surface area contributed by atoms with Crippen molar-refractivity contribution in [2.75, 3.05) is 6.61 Å². The number of carbonyl (C=O) groups is 1. The molecule has 4 N–H and O–H groups in total. The number of pyridine rings is 1. The Morgan fingerprint density at radius 3 is 2.54 bits per heavy atom. The first-order valence-electron chi connectivity index (χ1n) is 11.7. The monoisotopic (exact) mass is 499 g/mol. The van der Waals surface area contributed by atoms with Crippen molar-refractivity contribution in [2.24, 2.45) is 5.73 Å². The van der Waals surface area contributed by atoms with Gasteiger partial charge in [0, 0.05) is 18.7 Å². The normalized spacial score (nSPS) is 17.3. The Bertz CT molecular complexity index is 1120. The summed E-state index contributed by atoms with van der Waals surface area (Å²) in [6, 6.07) is 16.9. The number of aliphatic hydroxyl groups is 1. The zero-order valence-electron chi connectivity index (χ0n) is 19.5. The van der Waals surface area contributed by atoms with Gasteiger partial charge in [-0.15, -0.1) is 12.4 Å². The van der Waals surface area contributed by atoms with Crippen LogP contribution < -0.4 is 15.8 Å². The molecular formula is C27H31ClFN3O3. The van der Waals surface area contributed by atoms with Crippen LogP contribution in [0.3, 0.4) is 0 Å². The highest BCUT2D eigenvalue weighted by molar-refractivity contribution is 5.96. The predicted molar refractivity (Wildman–Crippen MR) is 136 cm³/mol. The Kier molecular flexibility index (Phi) is 9.60. The van der Waals surface area contributed by atoms with Gasteiger partial charge in [0.15, 0.2) is 0 Å². The molecule has 6 nitrogen and oxygen atoms in total. The topological polar surface area (TPSA) is 97.5 Å². The molecule has 3 aromatic rings. The van der Waals surface area contributed by atoms with Crippen LogP contribution in [-0.4, -0.2) is 34.7 Å². The molecule has 0 spiro atoms. The number of aryl methyl sites for hydroxylation is 1. The van der Waals surface area contributed by atoms with E-state index >= 15 is 0 Å². The average molecular weight is 500 g/mol. The van der Waals surface area contributed by atoms with E-state index in [2.05, 4.69) is 10.3 Å². The molecule has 1 saturated carbocycles. The Morgan fingerprint density at radius 1 is 1.09 bits per heavy atom. The van der Waals surface area contributed by atoms with Crippen LogP contribution in [-0.2, 0) is 6.42 Å². The first-order chi connectivity index (χ1) is 16.5. The minimum absolute atomic E-state index is 0. The molecule has 0 bridgehead atoms. The molecule has 35 heavy (non-hydrogen) atoms. The molecule has 2 aromatic carbocycles. The summed E-state index contributed by atoms with van der Waals surface area (Å²) in [6.07, 6.45) is 5.90. The molecule has 0 aliphatic heterocycles. The van der Waals surface area contributed by atoms with Crippen molar-refractivity contribution < 1.29 is 19.0 Å². The van der Waals surface area contributed by atoms with E-state index in [0.29, 0.717) is 5.75 Å². The van der Waals surface area contributed by atoms with E-state index in [1.165, 1.54) is 0 Å². The first-order valence-corrected chi connectivity index (χ1v) is 11.7. The van der Waals surface area contributed by atoms with Crippen molar-refractivity contribution in [1.82, 2.24) is 10.3 Å². The summed E-state index contributed by atoms with van der Waals surface area (Å²) in [5.74, 6) is -0.447. The highest BCUT2D eigenvalue weighted by atomic mass is 35.5. The van der Waals surface area contributed by atoms with E-state index in [-0.39, 0.29) is 42.5 Å². The Labute approximate surface area is 211 Å². The third-order valence-electron chi connectivity index (χ3n) is 6.13. The predicted octanol–water partition coefficient (Wildman–Crippen LogP) is 5.03. The maximum absolute atomic E-state index is 13.9. The number of nitrogens with zero attached hydrogens (tertiary/aromatic N) is 1. The standard InChI is InChI=1S/C27H30FN3O3.ClH/c28-21-16-25(26(33)31-23-12-10-22(29)11-13-23)27(30-17-21)34-24-5-1-4-20(15-24)19-8-6-18(7-9-19)3-2-14-32;/h1,4-9,15-17,22-23,32H,2-3,10-14,29H2,(H,31,33);1H/t22-,23-;. The van der Waals surface area contributed by atoms with Crippen LogP contribution in [0.1, 0.15) is 48.0 Å². The Hall–Kier alpha value is -3.00. The molecule has 0 radical (unpaired) electrons. The number of ether oxygens (including phenoxy) is 1. The smallest absolute Gasteiger partial charge is 0.257 e. The molecule has 1 amide bonds. The second-order valence-corrected chi connectivity index (χ2v) is 8.75. The van der Waals surface area contributed by atoms with Gasteiger partial charge in [0.1, 0.15) is 17.1 Å². The highest BCUT2D eigenvalue weighted by Gasteiger charge is 2.23. The van der Waals surface area contributed by atoms with Gasteiger partial charge in [0.2, 0.25) is 5.88 Å². The number of hydrogen-bond donors (Lipinski definition) is 3. The maximum atomic E-state index is 13.9. The van der Waals surface area contributed by atoms with Gasteiger partial charge >= 0.3 is 0 Å². The van der Waals surface area contributed by atoms with Gasteiger partial charge < -0.3 is 20.9 Å². The largest absolute Gasteiger partial charge is 0.438 e. The molecule has 1 aliphatic rings. The molecule has 1 heterocycles. The zero-order chi connectivity index (χ0) is 23.9. The first kappa shape index (κ1) is 26.6. The molecular weight excluding hydrogens is 469 g/mol. The van der Waals surface area contributed by atoms with Gasteiger partial charge in [-0.05, 0) is 73.4 Å². The van der Waals surface area contributed by atoms with E-state index in [1.807, 2.05) is 42.5 Å². The van der Waals surface area contributed by atoms with Crippen molar-refractivity contribution in [2.45, 2.75) is 50.6 Å². The third kappa shape index (κ3) is 7.24. The highest BCUT2D eigenvalue weighted by Crippen LogP contribution is 2.29. The number of aliphatic hydroxyl groups excluding tert-OH is 1. The van der Waals surface area contributed by atoms with Crippen LogP contribution in [0, 0.1) is 5.82 Å². The fourth-order valence-electron chi connectivity index (χ4n) is 4.20. The number of carbonyl (C=O) groups excluding carboxylic acids is 1. The number of nitrogens with two attached hydrogens (primary N) is 1. The van der Waals surface area contributed by atoms with Crippen molar-refractivity contribution >= 4 is 18.3 Å². The van der Waals surface area contributed by atoms with E-state index < -0.39 is 11.7 Å². The summed E-state index contributed by atoms with van der Waals surface area (Å²) in [5.41, 5.74) is 9.13. The number of hydrogen-bond acceptors (Lipinski definition) is 5. The van der Waals surface area contributed by atoms with Gasteiger partial charge in [0.05, 0.1) is 6.20 Å². The average Bonchev–Trinajstić information content (AvgIpc) is 2.85. The number of halogens is 2. The van der Waals surface area contributed by atoms with E-state index in [1.54, 1.807) is 6.07 Å². The summed E-state index contributed by atoms with van der Waals surface area (Å²) in [7, 11) is 0. The maximum Gasteiger partial charge on any atom is 0.257 e. The lowest BCUT2D eigenvalue weighted by Crippen LogP contribution is -2.40. The minimum Gasteiger partial charge on any atom is -0.438 e. The fourth-order valence-corrected chi connectivity index (χ4v) is 4.20. The number of rotatable bonds is 8. The SMILES string of the molecule is Cl.N[C@H]1CC[C@H](NC(=O)c2cc(F)cnc2Oc2cccc(-c3ccc(CCCO)cc3)c2)CC1. The van der Waals surface area contributed by atoms with Crippen molar-refractivity contribution in [3.8, 4) is 22.8 Å². The molecule has 0 atom stereocenters.